The van der Waals surface area contributed by atoms with Crippen molar-refractivity contribution in [2.45, 2.75) is 44.7 Å². The first-order valence-electron chi connectivity index (χ1n) is 13.6. The number of amides is 1. The van der Waals surface area contributed by atoms with Gasteiger partial charge in [0.1, 0.15) is 22.8 Å². The molecule has 1 aromatic rings. The monoisotopic (exact) mass is 538 g/mol. The van der Waals surface area contributed by atoms with E-state index in [4.69, 9.17) is 5.73 Å². The highest BCUT2D eigenvalue weighted by Crippen LogP contribution is 2.53. The smallest absolute Gasteiger partial charge is 0.255 e. The molecule has 0 spiro atoms. The molecule has 0 radical (unpaired) electrons. The SMILES string of the molecule is CCCN(C)C1CCN(C)c2c1cc(O)c1c2C[C@@H]2C[C@H]3[C@@H](C(=O)C(C(N)=O)=C(O)[C@@H]3N(C)C)C(=O)C2=C1O. The minimum absolute atomic E-state index is 0.0937. The van der Waals surface area contributed by atoms with Gasteiger partial charge in [0.25, 0.3) is 5.91 Å². The molecule has 210 valence electrons. The molecule has 1 fully saturated rings. The van der Waals surface area contributed by atoms with Crippen LogP contribution in [0.1, 0.15) is 48.9 Å². The number of primary amides is 1. The number of carbonyl (C=O) groups excluding carboxylic acids is 3. The number of hydrogen-bond acceptors (Lipinski definition) is 9. The first-order valence-corrected chi connectivity index (χ1v) is 13.6. The molecule has 5 N–H and O–H groups in total. The van der Waals surface area contributed by atoms with E-state index >= 15 is 0 Å². The minimum Gasteiger partial charge on any atom is -0.510 e. The van der Waals surface area contributed by atoms with Crippen LogP contribution in [-0.2, 0) is 20.8 Å². The second-order valence-corrected chi connectivity index (χ2v) is 11.7. The van der Waals surface area contributed by atoms with Gasteiger partial charge in [0.2, 0.25) is 0 Å². The number of fused-ring (bicyclic) bond motifs is 5. The lowest BCUT2D eigenvalue weighted by atomic mass is 9.59. The Balaban J connectivity index is 1.66. The number of nitrogens with two attached hydrogens (primary N) is 1. The second-order valence-electron chi connectivity index (χ2n) is 11.7. The summed E-state index contributed by atoms with van der Waals surface area (Å²) in [5.74, 6) is -5.55. The Bertz CT molecular complexity index is 1330. The van der Waals surface area contributed by atoms with Crippen molar-refractivity contribution in [2.24, 2.45) is 23.5 Å². The van der Waals surface area contributed by atoms with Gasteiger partial charge in [0, 0.05) is 30.9 Å². The van der Waals surface area contributed by atoms with Crippen molar-refractivity contribution in [1.29, 1.82) is 0 Å². The van der Waals surface area contributed by atoms with Gasteiger partial charge in [-0.1, -0.05) is 6.92 Å². The number of aliphatic hydroxyl groups excluding tert-OH is 2. The Morgan fingerprint density at radius 2 is 1.85 bits per heavy atom. The van der Waals surface area contributed by atoms with Crippen LogP contribution in [0.15, 0.2) is 23.0 Å². The van der Waals surface area contributed by atoms with Crippen molar-refractivity contribution >= 4 is 28.9 Å². The number of rotatable bonds is 5. The molecule has 39 heavy (non-hydrogen) atoms. The maximum absolute atomic E-state index is 13.9. The fourth-order valence-electron chi connectivity index (χ4n) is 7.61. The van der Waals surface area contributed by atoms with Crippen LogP contribution in [0.2, 0.25) is 0 Å². The average Bonchev–Trinajstić information content (AvgIpc) is 2.83. The van der Waals surface area contributed by atoms with Gasteiger partial charge < -0.3 is 26.0 Å². The third kappa shape index (κ3) is 3.95. The summed E-state index contributed by atoms with van der Waals surface area (Å²) in [7, 11) is 7.51. The van der Waals surface area contributed by atoms with Crippen LogP contribution in [0.25, 0.3) is 5.76 Å². The van der Waals surface area contributed by atoms with Crippen LogP contribution < -0.4 is 10.6 Å². The molecule has 1 aromatic carbocycles. The number of benzene rings is 1. The van der Waals surface area contributed by atoms with E-state index in [0.717, 1.165) is 42.7 Å². The van der Waals surface area contributed by atoms with Gasteiger partial charge in [0.05, 0.1) is 17.5 Å². The molecule has 3 aliphatic carbocycles. The van der Waals surface area contributed by atoms with Crippen molar-refractivity contribution in [2.75, 3.05) is 46.2 Å². The Morgan fingerprint density at radius 3 is 2.46 bits per heavy atom. The predicted molar refractivity (Wildman–Crippen MR) is 146 cm³/mol. The van der Waals surface area contributed by atoms with Gasteiger partial charge in [-0.2, -0.15) is 0 Å². The zero-order valence-corrected chi connectivity index (χ0v) is 23.2. The lowest BCUT2D eigenvalue weighted by Crippen LogP contribution is -2.55. The van der Waals surface area contributed by atoms with Gasteiger partial charge in [-0.25, -0.2) is 0 Å². The normalized spacial score (nSPS) is 28.5. The van der Waals surface area contributed by atoms with Crippen LogP contribution in [0, 0.1) is 17.8 Å². The fraction of sp³-hybridized carbons (Fsp3) is 0.552. The molecule has 10 nitrogen and oxygen atoms in total. The molecule has 1 heterocycles. The lowest BCUT2D eigenvalue weighted by Gasteiger charge is -2.47. The van der Waals surface area contributed by atoms with Crippen LogP contribution in [0.3, 0.4) is 0 Å². The van der Waals surface area contributed by atoms with E-state index in [9.17, 15) is 29.7 Å². The molecule has 0 saturated heterocycles. The zero-order chi connectivity index (χ0) is 28.5. The van der Waals surface area contributed by atoms with Gasteiger partial charge >= 0.3 is 0 Å². The molecule has 1 amide bonds. The first-order chi connectivity index (χ1) is 18.4. The molecule has 1 saturated carbocycles. The largest absolute Gasteiger partial charge is 0.510 e. The molecular weight excluding hydrogens is 500 g/mol. The van der Waals surface area contributed by atoms with Crippen molar-refractivity contribution in [3.8, 4) is 5.75 Å². The summed E-state index contributed by atoms with van der Waals surface area (Å²) in [6, 6.07) is 1.06. The van der Waals surface area contributed by atoms with Crippen LogP contribution in [-0.4, -0.2) is 89.9 Å². The zero-order valence-electron chi connectivity index (χ0n) is 23.2. The van der Waals surface area contributed by atoms with Gasteiger partial charge in [0.15, 0.2) is 11.6 Å². The molecule has 1 aliphatic heterocycles. The predicted octanol–water partition coefficient (Wildman–Crippen LogP) is 2.07. The number of phenols is 1. The highest BCUT2D eigenvalue weighted by Gasteiger charge is 2.56. The number of anilines is 1. The van der Waals surface area contributed by atoms with E-state index in [1.165, 1.54) is 0 Å². The Morgan fingerprint density at radius 1 is 1.15 bits per heavy atom. The number of allylic oxidation sites excluding steroid dienone is 1. The van der Waals surface area contributed by atoms with Crippen LogP contribution >= 0.6 is 0 Å². The number of phenolic OH excluding ortho intramolecular Hbond substituents is 1. The third-order valence-corrected chi connectivity index (χ3v) is 9.15. The molecule has 0 aromatic heterocycles. The molecule has 5 atom stereocenters. The molecule has 4 aliphatic rings. The fourth-order valence-corrected chi connectivity index (χ4v) is 7.61. The number of nitrogens with zero attached hydrogens (tertiary/aromatic N) is 3. The van der Waals surface area contributed by atoms with Crippen LogP contribution in [0.4, 0.5) is 5.69 Å². The van der Waals surface area contributed by atoms with Crippen molar-refractivity contribution in [1.82, 2.24) is 9.80 Å². The van der Waals surface area contributed by atoms with E-state index in [1.807, 2.05) is 7.05 Å². The molecule has 10 heteroatoms. The quantitative estimate of drug-likeness (QED) is 0.327. The Hall–Kier alpha value is -3.37. The molecule has 1 unspecified atom stereocenters. The summed E-state index contributed by atoms with van der Waals surface area (Å²) < 4.78 is 0. The summed E-state index contributed by atoms with van der Waals surface area (Å²) in [4.78, 5) is 45.5. The first kappa shape index (κ1) is 27.2. The van der Waals surface area contributed by atoms with Gasteiger partial charge in [-0.15, -0.1) is 0 Å². The number of aliphatic hydroxyl groups is 2. The highest BCUT2D eigenvalue weighted by molar-refractivity contribution is 6.28. The Labute approximate surface area is 228 Å². The van der Waals surface area contributed by atoms with E-state index in [1.54, 1.807) is 25.1 Å². The van der Waals surface area contributed by atoms with Crippen molar-refractivity contribution < 1.29 is 29.7 Å². The summed E-state index contributed by atoms with van der Waals surface area (Å²) in [6.07, 6.45) is 2.64. The second kappa shape index (κ2) is 9.67. The number of hydrogen-bond donors (Lipinski definition) is 4. The Kier molecular flexibility index (Phi) is 6.75. The topological polar surface area (TPSA) is 148 Å². The standard InChI is InChI=1S/C29H38N4O6/c1-6-8-32(4)17-7-9-33(5)23-14(17)12-18(34)20-15(23)10-13-11-16-21(26(36)19(13)25(20)35)27(37)22(29(30)39)28(38)24(16)31(2)3/h12-13,16-17,21,24,34-35,38H,6-11H2,1-5H3,(H2,30,39)/t13-,16+,17?,21-,24-/m1/s1. The number of carbonyl (C=O) groups is 3. The number of Topliss-reactive ketones (excluding diaryl/α,β-unsaturated/α-hetero) is 2. The van der Waals surface area contributed by atoms with Gasteiger partial charge in [-0.05, 0) is 82.4 Å². The van der Waals surface area contributed by atoms with Crippen molar-refractivity contribution in [3.63, 3.8) is 0 Å². The number of ketones is 2. The number of aromatic hydroxyl groups is 1. The van der Waals surface area contributed by atoms with E-state index in [0.29, 0.717) is 12.8 Å². The van der Waals surface area contributed by atoms with Crippen molar-refractivity contribution in [3.05, 3.63) is 39.7 Å². The summed E-state index contributed by atoms with van der Waals surface area (Å²) in [5, 5.41) is 33.7. The third-order valence-electron chi connectivity index (χ3n) is 9.15. The van der Waals surface area contributed by atoms with E-state index < -0.39 is 52.6 Å². The maximum Gasteiger partial charge on any atom is 0.255 e. The highest BCUT2D eigenvalue weighted by atomic mass is 16.3. The summed E-state index contributed by atoms with van der Waals surface area (Å²) in [5.41, 5.74) is 7.97. The lowest BCUT2D eigenvalue weighted by molar-refractivity contribution is -0.136. The average molecular weight is 539 g/mol. The summed E-state index contributed by atoms with van der Waals surface area (Å²) in [6.45, 7) is 3.84. The van der Waals surface area contributed by atoms with E-state index in [2.05, 4.69) is 23.8 Å². The van der Waals surface area contributed by atoms with Crippen LogP contribution in [0.5, 0.6) is 5.75 Å². The molecule has 0 bridgehead atoms. The molecular formula is C29H38N4O6. The number of likely N-dealkylation sites (N-methyl/N-ethyl adjacent to an activating group) is 1. The minimum atomic E-state index is -1.25. The molecule has 5 rings (SSSR count). The van der Waals surface area contributed by atoms with Gasteiger partial charge in [-0.3, -0.25) is 24.2 Å². The van der Waals surface area contributed by atoms with E-state index in [-0.39, 0.29) is 28.7 Å². The maximum atomic E-state index is 13.9. The summed E-state index contributed by atoms with van der Waals surface area (Å²) >= 11 is 0.